The predicted octanol–water partition coefficient (Wildman–Crippen LogP) is 4.92. The van der Waals surface area contributed by atoms with Gasteiger partial charge < -0.3 is 0 Å². The van der Waals surface area contributed by atoms with Crippen LogP contribution in [0.3, 0.4) is 0 Å². The number of fused-ring (bicyclic) bond motifs is 1. The summed E-state index contributed by atoms with van der Waals surface area (Å²) in [6.07, 6.45) is 2.10. The smallest absolute Gasteiger partial charge is 0.137 e. The van der Waals surface area contributed by atoms with E-state index >= 15 is 0 Å². The van der Waals surface area contributed by atoms with E-state index in [0.717, 1.165) is 11.3 Å². The molecule has 2 heteroatoms. The molecule has 21 heavy (non-hydrogen) atoms. The number of imidazole rings is 1. The number of rotatable bonds is 1. The Morgan fingerprint density at radius 3 is 2.24 bits per heavy atom. The van der Waals surface area contributed by atoms with Gasteiger partial charge in [0.25, 0.3) is 0 Å². The van der Waals surface area contributed by atoms with Gasteiger partial charge in [-0.15, -0.1) is 0 Å². The molecule has 0 saturated carbocycles. The highest BCUT2D eigenvalue weighted by Gasteiger charge is 2.24. The number of nitrogens with zero attached hydrogens (tertiary/aromatic N) is 2. The van der Waals surface area contributed by atoms with Gasteiger partial charge in [-0.3, -0.25) is 4.40 Å². The summed E-state index contributed by atoms with van der Waals surface area (Å²) in [6, 6.07) is 12.9. The Labute approximate surface area is 126 Å². The minimum absolute atomic E-state index is 0.0129. The Balaban J connectivity index is 2.39. The maximum absolute atomic E-state index is 4.88. The molecular formula is C19H22N2. The van der Waals surface area contributed by atoms with Crippen molar-refractivity contribution in [1.29, 1.82) is 0 Å². The predicted molar refractivity (Wildman–Crippen MR) is 88.8 cm³/mol. The second-order valence-corrected chi connectivity index (χ2v) is 6.86. The molecule has 0 spiro atoms. The molecule has 3 aromatic rings. The van der Waals surface area contributed by atoms with Crippen molar-refractivity contribution in [2.75, 3.05) is 0 Å². The molecule has 3 rings (SSSR count). The first-order valence-corrected chi connectivity index (χ1v) is 7.42. The molecule has 0 aliphatic carbocycles. The average molecular weight is 278 g/mol. The van der Waals surface area contributed by atoms with Crippen LogP contribution in [0.5, 0.6) is 0 Å². The fraction of sp³-hybridized carbons (Fsp3) is 0.316. The molecule has 0 amide bonds. The summed E-state index contributed by atoms with van der Waals surface area (Å²) in [4.78, 5) is 4.88. The van der Waals surface area contributed by atoms with Crippen LogP contribution in [-0.2, 0) is 5.41 Å². The zero-order valence-electron chi connectivity index (χ0n) is 13.4. The first-order valence-electron chi connectivity index (χ1n) is 7.42. The summed E-state index contributed by atoms with van der Waals surface area (Å²) in [5, 5.41) is 0. The van der Waals surface area contributed by atoms with E-state index in [1.54, 1.807) is 0 Å². The topological polar surface area (TPSA) is 17.3 Å². The van der Waals surface area contributed by atoms with Crippen molar-refractivity contribution >= 4 is 5.65 Å². The van der Waals surface area contributed by atoms with Crippen molar-refractivity contribution in [3.05, 3.63) is 59.4 Å². The minimum Gasteiger partial charge on any atom is -0.299 e. The third kappa shape index (κ3) is 2.46. The molecule has 0 unspecified atom stereocenters. The van der Waals surface area contributed by atoms with Crippen molar-refractivity contribution in [2.45, 2.75) is 40.0 Å². The van der Waals surface area contributed by atoms with Crippen LogP contribution in [0.4, 0.5) is 0 Å². The van der Waals surface area contributed by atoms with Crippen molar-refractivity contribution < 1.29 is 0 Å². The number of hydrogen-bond acceptors (Lipinski definition) is 1. The van der Waals surface area contributed by atoms with Gasteiger partial charge in [0.1, 0.15) is 5.65 Å². The van der Waals surface area contributed by atoms with Gasteiger partial charge >= 0.3 is 0 Å². The lowest BCUT2D eigenvalue weighted by molar-refractivity contribution is 0.575. The van der Waals surface area contributed by atoms with Crippen LogP contribution in [0.15, 0.2) is 42.6 Å². The Morgan fingerprint density at radius 2 is 1.62 bits per heavy atom. The van der Waals surface area contributed by atoms with Gasteiger partial charge in [0.2, 0.25) is 0 Å². The lowest BCUT2D eigenvalue weighted by Gasteiger charge is -2.18. The molecule has 0 saturated heterocycles. The van der Waals surface area contributed by atoms with Gasteiger partial charge in [0.05, 0.1) is 11.4 Å². The van der Waals surface area contributed by atoms with Gasteiger partial charge in [0, 0.05) is 17.2 Å². The zero-order valence-corrected chi connectivity index (χ0v) is 13.4. The molecule has 2 aromatic heterocycles. The van der Waals surface area contributed by atoms with Crippen molar-refractivity contribution in [3.8, 4) is 11.3 Å². The standard InChI is InChI=1S/C19H22N2/c1-13-10-14(2)12-15(11-13)17-18(19(3,4)5)20-16-8-6-7-9-21(16)17/h6-12H,1-5H3. The molecule has 0 N–H and O–H groups in total. The summed E-state index contributed by atoms with van der Waals surface area (Å²) in [5.74, 6) is 0. The quantitative estimate of drug-likeness (QED) is 0.618. The normalized spacial score (nSPS) is 12.0. The molecule has 0 atom stereocenters. The maximum Gasteiger partial charge on any atom is 0.137 e. The van der Waals surface area contributed by atoms with E-state index < -0.39 is 0 Å². The molecule has 0 radical (unpaired) electrons. The summed E-state index contributed by atoms with van der Waals surface area (Å²) in [5.41, 5.74) is 7.21. The van der Waals surface area contributed by atoms with Crippen molar-refractivity contribution in [1.82, 2.24) is 9.38 Å². The number of pyridine rings is 1. The van der Waals surface area contributed by atoms with Crippen molar-refractivity contribution in [3.63, 3.8) is 0 Å². The van der Waals surface area contributed by atoms with Crippen LogP contribution in [0.1, 0.15) is 37.6 Å². The minimum atomic E-state index is 0.0129. The summed E-state index contributed by atoms with van der Waals surface area (Å²) in [6.45, 7) is 11.0. The summed E-state index contributed by atoms with van der Waals surface area (Å²) < 4.78 is 2.20. The highest BCUT2D eigenvalue weighted by Crippen LogP contribution is 2.34. The van der Waals surface area contributed by atoms with E-state index in [1.807, 2.05) is 6.07 Å². The molecule has 0 aliphatic rings. The molecule has 0 bridgehead atoms. The number of benzene rings is 1. The maximum atomic E-state index is 4.88. The van der Waals surface area contributed by atoms with E-state index in [9.17, 15) is 0 Å². The number of aryl methyl sites for hydroxylation is 2. The van der Waals surface area contributed by atoms with E-state index in [4.69, 9.17) is 4.98 Å². The van der Waals surface area contributed by atoms with E-state index in [2.05, 4.69) is 75.5 Å². The second-order valence-electron chi connectivity index (χ2n) is 6.86. The lowest BCUT2D eigenvalue weighted by Crippen LogP contribution is -2.13. The summed E-state index contributed by atoms with van der Waals surface area (Å²) >= 11 is 0. The van der Waals surface area contributed by atoms with Gasteiger partial charge in [-0.25, -0.2) is 4.98 Å². The first-order chi connectivity index (χ1) is 9.86. The molecule has 1 aromatic carbocycles. The highest BCUT2D eigenvalue weighted by molar-refractivity contribution is 5.69. The van der Waals surface area contributed by atoms with Crippen LogP contribution in [-0.4, -0.2) is 9.38 Å². The first kappa shape index (κ1) is 13.9. The Hall–Kier alpha value is -2.09. The third-order valence-electron chi connectivity index (χ3n) is 3.74. The van der Waals surface area contributed by atoms with Crippen LogP contribution in [0, 0.1) is 13.8 Å². The fourth-order valence-electron chi connectivity index (χ4n) is 2.91. The Kier molecular flexibility index (Phi) is 3.12. The monoisotopic (exact) mass is 278 g/mol. The molecule has 0 fully saturated rings. The van der Waals surface area contributed by atoms with E-state index in [0.29, 0.717) is 0 Å². The van der Waals surface area contributed by atoms with Gasteiger partial charge in [-0.2, -0.15) is 0 Å². The highest BCUT2D eigenvalue weighted by atomic mass is 15.0. The van der Waals surface area contributed by atoms with Crippen LogP contribution in [0.2, 0.25) is 0 Å². The van der Waals surface area contributed by atoms with Gasteiger partial charge in [-0.1, -0.05) is 44.0 Å². The SMILES string of the molecule is Cc1cc(C)cc(-c2c(C(C)(C)C)nc3ccccn23)c1. The van der Waals surface area contributed by atoms with E-state index in [1.165, 1.54) is 22.4 Å². The molecule has 2 nitrogen and oxygen atoms in total. The van der Waals surface area contributed by atoms with Crippen LogP contribution < -0.4 is 0 Å². The Bertz CT molecular complexity index is 784. The molecule has 2 heterocycles. The van der Waals surface area contributed by atoms with Crippen molar-refractivity contribution in [2.24, 2.45) is 0 Å². The van der Waals surface area contributed by atoms with Crippen LogP contribution >= 0.6 is 0 Å². The third-order valence-corrected chi connectivity index (χ3v) is 3.74. The fourth-order valence-corrected chi connectivity index (χ4v) is 2.91. The molecule has 108 valence electrons. The molecule has 0 aliphatic heterocycles. The average Bonchev–Trinajstić information content (AvgIpc) is 2.76. The number of aromatic nitrogens is 2. The molecular weight excluding hydrogens is 256 g/mol. The van der Waals surface area contributed by atoms with Gasteiger partial charge in [0.15, 0.2) is 0 Å². The lowest BCUT2D eigenvalue weighted by atomic mass is 9.88. The zero-order chi connectivity index (χ0) is 15.2. The largest absolute Gasteiger partial charge is 0.299 e. The van der Waals surface area contributed by atoms with Crippen LogP contribution in [0.25, 0.3) is 16.9 Å². The summed E-state index contributed by atoms with van der Waals surface area (Å²) in [7, 11) is 0. The number of hydrogen-bond donors (Lipinski definition) is 0. The Morgan fingerprint density at radius 1 is 0.952 bits per heavy atom. The van der Waals surface area contributed by atoms with Gasteiger partial charge in [-0.05, 0) is 38.1 Å². The van der Waals surface area contributed by atoms with E-state index in [-0.39, 0.29) is 5.41 Å². The second kappa shape index (κ2) is 4.73.